The van der Waals surface area contributed by atoms with Gasteiger partial charge >= 0.3 is 63.3 Å². The Morgan fingerprint density at radius 2 is 1.01 bits per heavy atom. The van der Waals surface area contributed by atoms with Gasteiger partial charge in [-0.15, -0.1) is 0 Å². The number of fused-ring (bicyclic) bond motifs is 2. The van der Waals surface area contributed by atoms with E-state index in [-0.39, 0.29) is 104 Å². The van der Waals surface area contributed by atoms with Crippen LogP contribution in [0.3, 0.4) is 0 Å². The maximum atomic E-state index is 13.1. The minimum Gasteiger partial charge on any atom is -0.742 e. The molecule has 23 nitrogen and oxygen atoms in total. The third-order valence-corrected chi connectivity index (χ3v) is 18.1. The number of ether oxygens (including phenoxy) is 9. The molecule has 0 radical (unpaired) electrons. The van der Waals surface area contributed by atoms with E-state index in [0.717, 1.165) is 132 Å². The number of aryl methyl sites for hydroxylation is 4. The summed E-state index contributed by atoms with van der Waals surface area (Å²) in [5.74, 6) is 5.37. The van der Waals surface area contributed by atoms with Crippen molar-refractivity contribution in [3.05, 3.63) is 94.3 Å². The maximum absolute atomic E-state index is 13.1. The van der Waals surface area contributed by atoms with Gasteiger partial charge in [0, 0.05) is 94.2 Å². The van der Waals surface area contributed by atoms with E-state index < -0.39 is 5.97 Å². The Bertz CT molecular complexity index is 3050. The van der Waals surface area contributed by atoms with E-state index in [1.165, 1.54) is 36.9 Å². The number of thioether (sulfide) groups is 1. The molecule has 2 aromatic carbocycles. The first kappa shape index (κ1) is 86.5. The summed E-state index contributed by atoms with van der Waals surface area (Å²) in [5.41, 5.74) is 6.32. The first-order chi connectivity index (χ1) is 47.5. The van der Waals surface area contributed by atoms with Crippen LogP contribution < -0.4 is 81.0 Å². The van der Waals surface area contributed by atoms with Crippen molar-refractivity contribution in [2.24, 2.45) is 11.8 Å². The molecule has 4 aliphatic heterocycles. The Hall–Kier alpha value is -4.88. The molecule has 0 bridgehead atoms. The Morgan fingerprint density at radius 1 is 0.596 bits per heavy atom. The zero-order valence-corrected chi connectivity index (χ0v) is 64.8. The number of amides is 2. The Kier molecular flexibility index (Phi) is 44.1. The number of aromatic nitrogens is 2. The van der Waals surface area contributed by atoms with Crippen LogP contribution in [-0.4, -0.2) is 209 Å². The number of carboxylic acids is 1. The molecule has 2 aromatic heterocycles. The smallest absolute Gasteiger partial charge is 0.742 e. The number of hydrogen-bond donors (Lipinski definition) is 5. The molecule has 4 aromatic rings. The van der Waals surface area contributed by atoms with Crippen molar-refractivity contribution in [2.75, 3.05) is 156 Å². The summed E-state index contributed by atoms with van der Waals surface area (Å²) in [6, 6.07) is 19.8. The second-order valence-electron chi connectivity index (χ2n) is 24.1. The van der Waals surface area contributed by atoms with Crippen LogP contribution in [0.4, 0.5) is 11.6 Å². The van der Waals surface area contributed by atoms with Crippen molar-refractivity contribution in [3.63, 3.8) is 0 Å². The normalized spacial score (nSPS) is 14.7. The molecule has 0 saturated carbocycles. The number of pyridine rings is 2. The Morgan fingerprint density at radius 3 is 1.41 bits per heavy atom. The molecule has 99 heavy (non-hydrogen) atoms. The van der Waals surface area contributed by atoms with Crippen molar-refractivity contribution in [1.82, 2.24) is 19.8 Å². The predicted octanol–water partition coefficient (Wildman–Crippen LogP) is 6.35. The second kappa shape index (κ2) is 50.5. The standard InChI is InChI=1S/C36H51N3O8S.C33H47N3O7S.C2H4OS.CH4O.K/c1-26(40)48-22-21-46-18-17-45-19-20-47-32-10-7-29(24-33(32)43-2)30(25-35(42)44-3)23-27-12-15-39(16-13-27)34(41)11-9-31-8-6-28-5-4-14-37-36(28)38-31;1-40-30-22-26(5-8-29(30)43-18-17-41-15-16-42-19-20-44)27(23-32(38)39)21-24-10-13-36(14-11-24)31(37)9-7-28-6-4-25-3-2-12-34-33(25)35-28;1-2(3)4;1-2;/h6-8,10,24,27,30H,4-5,9,11-23,25H2,1-3H3,(H,37,38);4-6,8,22,24,27,44H,2-3,7,9-21,23H2,1H3,(H,34,35)(H,38,39);1H3,(H,3,4);2H,1H3;/q;;;;+1/p-1. The van der Waals surface area contributed by atoms with Gasteiger partial charge in [-0.2, -0.15) is 12.6 Å². The summed E-state index contributed by atoms with van der Waals surface area (Å²) in [6.07, 6.45) is 11.9. The second-order valence-corrected chi connectivity index (χ2v) is 26.4. The summed E-state index contributed by atoms with van der Waals surface area (Å²) in [5, 5.41) is 23.2. The molecule has 2 amide bonds. The van der Waals surface area contributed by atoms with Crippen LogP contribution in [-0.2, 0) is 90.8 Å². The molecule has 0 spiro atoms. The molecule has 27 heteroatoms. The topological polar surface area (TPSA) is 282 Å². The van der Waals surface area contributed by atoms with E-state index in [2.05, 4.69) is 54.1 Å². The van der Waals surface area contributed by atoms with E-state index >= 15 is 0 Å². The summed E-state index contributed by atoms with van der Waals surface area (Å²) >= 11 is 9.33. The Balaban J connectivity index is 0.000000387. The van der Waals surface area contributed by atoms with E-state index in [1.54, 1.807) is 21.1 Å². The van der Waals surface area contributed by atoms with Gasteiger partial charge < -0.3 is 90.7 Å². The molecule has 2 unspecified atom stereocenters. The molecule has 2 atom stereocenters. The molecule has 2 fully saturated rings. The molecule has 0 aliphatic carbocycles. The van der Waals surface area contributed by atoms with Crippen molar-refractivity contribution in [3.8, 4) is 23.0 Å². The number of anilines is 2. The average Bonchev–Trinajstić information content (AvgIpc) is 0.984. The summed E-state index contributed by atoms with van der Waals surface area (Å²) < 4.78 is 50.0. The first-order valence-electron chi connectivity index (χ1n) is 34.1. The van der Waals surface area contributed by atoms with Crippen LogP contribution in [0.2, 0.25) is 0 Å². The minimum absolute atomic E-state index is 0. The first-order valence-corrected chi connectivity index (χ1v) is 36.2. The number of hydrogen-bond acceptors (Lipinski definition) is 23. The average molecular weight is 1460 g/mol. The van der Waals surface area contributed by atoms with E-state index in [4.69, 9.17) is 57.7 Å². The molecular weight excluding hydrogens is 1360 g/mol. The predicted molar refractivity (Wildman–Crippen MR) is 384 cm³/mol. The third-order valence-electron chi connectivity index (χ3n) is 17.1. The van der Waals surface area contributed by atoms with Crippen LogP contribution >= 0.6 is 24.4 Å². The van der Waals surface area contributed by atoms with E-state index in [0.29, 0.717) is 151 Å². The zero-order chi connectivity index (χ0) is 70.9. The number of carboxylic acid groups (broad SMARTS) is 1. The summed E-state index contributed by atoms with van der Waals surface area (Å²) in [6.45, 7) is 12.1. The van der Waals surface area contributed by atoms with Crippen LogP contribution in [0.25, 0.3) is 0 Å². The number of carbonyl (C=O) groups is 6. The van der Waals surface area contributed by atoms with Gasteiger partial charge in [-0.3, -0.25) is 24.0 Å². The van der Waals surface area contributed by atoms with Gasteiger partial charge in [-0.25, -0.2) is 9.97 Å². The van der Waals surface area contributed by atoms with Gasteiger partial charge in [0.25, 0.3) is 0 Å². The fraction of sp³-hybridized carbons (Fsp3) is 0.611. The van der Waals surface area contributed by atoms with Crippen molar-refractivity contribution in [2.45, 2.75) is 128 Å². The quantitative estimate of drug-likeness (QED) is 0.0108. The van der Waals surface area contributed by atoms with Crippen molar-refractivity contribution in [1.29, 1.82) is 0 Å². The third kappa shape index (κ3) is 33.4. The Labute approximate surface area is 643 Å². The number of aliphatic carboxylic acids is 1. The number of aliphatic hydroxyl groups excluding tert-OH is 1. The largest absolute Gasteiger partial charge is 1.00 e. The molecule has 4 N–H and O–H groups in total. The van der Waals surface area contributed by atoms with Crippen molar-refractivity contribution < 1.29 is 133 Å². The van der Waals surface area contributed by atoms with Gasteiger partial charge in [0.1, 0.15) is 24.8 Å². The number of carbonyl (C=O) groups excluding carboxylic acids is 5. The molecule has 6 heterocycles. The molecule has 8 rings (SSSR count). The number of aliphatic hydroxyl groups is 1. The molecule has 544 valence electrons. The molecule has 4 aliphatic rings. The number of thiol groups is 1. The van der Waals surface area contributed by atoms with Crippen LogP contribution in [0.1, 0.15) is 136 Å². The number of likely N-dealkylation sites (tertiary alicyclic amines) is 2. The monoisotopic (exact) mass is 1460 g/mol. The molecular formula is C72H105KN6O17S3. The van der Waals surface area contributed by atoms with Gasteiger partial charge in [0.15, 0.2) is 28.1 Å². The minimum atomic E-state index is -0.830. The zero-order valence-electron chi connectivity index (χ0n) is 59.2. The van der Waals surface area contributed by atoms with Gasteiger partial charge in [0.05, 0.1) is 87.0 Å². The van der Waals surface area contributed by atoms with Crippen LogP contribution in [0.15, 0.2) is 60.7 Å². The summed E-state index contributed by atoms with van der Waals surface area (Å²) in [7, 11) is 5.60. The number of rotatable bonds is 37. The summed E-state index contributed by atoms with van der Waals surface area (Å²) in [4.78, 5) is 83.8. The van der Waals surface area contributed by atoms with Gasteiger partial charge in [-0.1, -0.05) is 36.0 Å². The fourth-order valence-corrected chi connectivity index (χ4v) is 12.7. The maximum Gasteiger partial charge on any atom is 1.00 e. The number of nitrogens with one attached hydrogen (secondary N) is 2. The number of nitrogens with zero attached hydrogens (tertiary/aromatic N) is 4. The van der Waals surface area contributed by atoms with Gasteiger partial charge in [-0.05, 0) is 166 Å². The number of piperidine rings is 2. The fourth-order valence-electron chi connectivity index (χ4n) is 12.1. The molecule has 2 saturated heterocycles. The van der Waals surface area contributed by atoms with Crippen LogP contribution in [0.5, 0.6) is 23.0 Å². The number of benzene rings is 2. The van der Waals surface area contributed by atoms with E-state index in [9.17, 15) is 33.9 Å². The number of esters is 1. The van der Waals surface area contributed by atoms with Gasteiger partial charge in [0.2, 0.25) is 11.8 Å². The SMILES string of the molecule is CC(=O)[S-].CO.COC(=O)CC(CC1CCN(C(=O)CCc2ccc3c(n2)NCCC3)CC1)c1ccc(OCCOCCOCCSC(C)=O)c(OC)c1.COc1cc(C(CC(=O)O)CC2CCN(C(=O)CCc3ccc4c(n3)NCCC4)CC2)ccc1OCCOCCOCCS.[K+]. The number of methoxy groups -OCH3 is 3. The van der Waals surface area contributed by atoms with Crippen LogP contribution in [0, 0.1) is 11.8 Å². The van der Waals surface area contributed by atoms with Crippen molar-refractivity contribution >= 4 is 82.6 Å². The van der Waals surface area contributed by atoms with E-state index in [1.807, 2.05) is 52.3 Å².